The number of halogens is 1. The SMILES string of the molecule is O=C(Nc1cc(-c2cccc(Br)c2)ncn1)OCc1ccccc1. The third-order valence-electron chi connectivity index (χ3n) is 3.23. The van der Waals surface area contributed by atoms with Crippen molar-refractivity contribution in [3.63, 3.8) is 0 Å². The van der Waals surface area contributed by atoms with Gasteiger partial charge >= 0.3 is 6.09 Å². The second-order valence-electron chi connectivity index (χ2n) is 4.99. The summed E-state index contributed by atoms with van der Waals surface area (Å²) in [4.78, 5) is 20.2. The lowest BCUT2D eigenvalue weighted by atomic mass is 10.1. The summed E-state index contributed by atoms with van der Waals surface area (Å²) in [6.45, 7) is 0.205. The van der Waals surface area contributed by atoms with E-state index in [1.807, 2.05) is 54.6 Å². The fraction of sp³-hybridized carbons (Fsp3) is 0.0556. The summed E-state index contributed by atoms with van der Waals surface area (Å²) < 4.78 is 6.13. The van der Waals surface area contributed by atoms with Crippen LogP contribution in [0.3, 0.4) is 0 Å². The van der Waals surface area contributed by atoms with Crippen LogP contribution in [0.4, 0.5) is 10.6 Å². The molecule has 1 N–H and O–H groups in total. The Labute approximate surface area is 147 Å². The molecule has 1 heterocycles. The fourth-order valence-corrected chi connectivity index (χ4v) is 2.49. The van der Waals surface area contributed by atoms with Crippen molar-refractivity contribution in [2.24, 2.45) is 0 Å². The van der Waals surface area contributed by atoms with E-state index in [0.29, 0.717) is 11.5 Å². The van der Waals surface area contributed by atoms with E-state index >= 15 is 0 Å². The van der Waals surface area contributed by atoms with Crippen LogP contribution in [0.2, 0.25) is 0 Å². The van der Waals surface area contributed by atoms with Gasteiger partial charge in [-0.1, -0.05) is 58.4 Å². The molecule has 0 fully saturated rings. The lowest BCUT2D eigenvalue weighted by Crippen LogP contribution is -2.14. The monoisotopic (exact) mass is 383 g/mol. The van der Waals surface area contributed by atoms with E-state index < -0.39 is 6.09 Å². The molecule has 0 saturated heterocycles. The lowest BCUT2D eigenvalue weighted by Gasteiger charge is -2.07. The van der Waals surface area contributed by atoms with Crippen LogP contribution in [-0.2, 0) is 11.3 Å². The molecular formula is C18H14BrN3O2. The number of carbonyl (C=O) groups excluding carboxylic acids is 1. The predicted octanol–water partition coefficient (Wildman–Crippen LogP) is 4.65. The van der Waals surface area contributed by atoms with Crippen molar-refractivity contribution < 1.29 is 9.53 Å². The molecule has 2 aromatic carbocycles. The largest absolute Gasteiger partial charge is 0.444 e. The van der Waals surface area contributed by atoms with Crippen molar-refractivity contribution in [2.75, 3.05) is 5.32 Å². The minimum Gasteiger partial charge on any atom is -0.444 e. The summed E-state index contributed by atoms with van der Waals surface area (Å²) in [5, 5.41) is 2.61. The third-order valence-corrected chi connectivity index (χ3v) is 3.72. The molecule has 1 aromatic heterocycles. The molecule has 24 heavy (non-hydrogen) atoms. The first-order chi connectivity index (χ1) is 11.7. The van der Waals surface area contributed by atoms with Gasteiger partial charge in [0.15, 0.2) is 0 Å². The van der Waals surface area contributed by atoms with Gasteiger partial charge in [-0.25, -0.2) is 14.8 Å². The maximum Gasteiger partial charge on any atom is 0.413 e. The number of aromatic nitrogens is 2. The molecule has 3 aromatic rings. The Morgan fingerprint density at radius 2 is 1.88 bits per heavy atom. The van der Waals surface area contributed by atoms with Crippen molar-refractivity contribution in [3.8, 4) is 11.3 Å². The van der Waals surface area contributed by atoms with E-state index in [-0.39, 0.29) is 6.61 Å². The summed E-state index contributed by atoms with van der Waals surface area (Å²) >= 11 is 3.43. The highest BCUT2D eigenvalue weighted by atomic mass is 79.9. The maximum atomic E-state index is 11.9. The van der Waals surface area contributed by atoms with Crippen LogP contribution in [0.1, 0.15) is 5.56 Å². The van der Waals surface area contributed by atoms with Crippen molar-refractivity contribution in [1.29, 1.82) is 0 Å². The van der Waals surface area contributed by atoms with Gasteiger partial charge in [-0.15, -0.1) is 0 Å². The van der Waals surface area contributed by atoms with Gasteiger partial charge in [0.2, 0.25) is 0 Å². The van der Waals surface area contributed by atoms with Gasteiger partial charge in [0.25, 0.3) is 0 Å². The number of hydrogen-bond acceptors (Lipinski definition) is 4. The Balaban J connectivity index is 1.65. The fourth-order valence-electron chi connectivity index (χ4n) is 2.10. The van der Waals surface area contributed by atoms with E-state index in [0.717, 1.165) is 15.6 Å². The molecule has 0 aliphatic rings. The zero-order valence-electron chi connectivity index (χ0n) is 12.6. The highest BCUT2D eigenvalue weighted by Gasteiger charge is 2.07. The molecule has 6 heteroatoms. The molecule has 0 bridgehead atoms. The van der Waals surface area contributed by atoms with Crippen LogP contribution >= 0.6 is 15.9 Å². The summed E-state index contributed by atoms with van der Waals surface area (Å²) in [5.41, 5.74) is 2.56. The van der Waals surface area contributed by atoms with Crippen LogP contribution in [0, 0.1) is 0 Å². The number of amides is 1. The lowest BCUT2D eigenvalue weighted by molar-refractivity contribution is 0.155. The zero-order chi connectivity index (χ0) is 16.8. The molecule has 0 saturated carbocycles. The average molecular weight is 384 g/mol. The molecule has 0 spiro atoms. The highest BCUT2D eigenvalue weighted by molar-refractivity contribution is 9.10. The third kappa shape index (κ3) is 4.39. The Morgan fingerprint density at radius 3 is 2.67 bits per heavy atom. The first-order valence-corrected chi connectivity index (χ1v) is 8.06. The number of benzene rings is 2. The van der Waals surface area contributed by atoms with Gasteiger partial charge in [-0.3, -0.25) is 5.32 Å². The van der Waals surface area contributed by atoms with Crippen LogP contribution < -0.4 is 5.32 Å². The molecule has 0 atom stereocenters. The minimum absolute atomic E-state index is 0.205. The summed E-state index contributed by atoms with van der Waals surface area (Å²) in [6.07, 6.45) is 0.848. The number of anilines is 1. The summed E-state index contributed by atoms with van der Waals surface area (Å²) in [6, 6.07) is 18.9. The van der Waals surface area contributed by atoms with Gasteiger partial charge in [-0.2, -0.15) is 0 Å². The molecular weight excluding hydrogens is 370 g/mol. The van der Waals surface area contributed by atoms with Crippen molar-refractivity contribution in [3.05, 3.63) is 77.0 Å². The highest BCUT2D eigenvalue weighted by Crippen LogP contribution is 2.22. The van der Waals surface area contributed by atoms with Crippen molar-refractivity contribution in [2.45, 2.75) is 6.61 Å². The molecule has 0 aliphatic carbocycles. The molecule has 0 aliphatic heterocycles. The maximum absolute atomic E-state index is 11.9. The predicted molar refractivity (Wildman–Crippen MR) is 95.4 cm³/mol. The van der Waals surface area contributed by atoms with Crippen molar-refractivity contribution in [1.82, 2.24) is 9.97 Å². The normalized spacial score (nSPS) is 10.2. The minimum atomic E-state index is -0.558. The second-order valence-corrected chi connectivity index (χ2v) is 5.90. The Hall–Kier alpha value is -2.73. The van der Waals surface area contributed by atoms with E-state index in [4.69, 9.17) is 4.74 Å². The Morgan fingerprint density at radius 1 is 1.04 bits per heavy atom. The number of carbonyl (C=O) groups is 1. The average Bonchev–Trinajstić information content (AvgIpc) is 2.61. The number of nitrogens with zero attached hydrogens (tertiary/aromatic N) is 2. The summed E-state index contributed by atoms with van der Waals surface area (Å²) in [7, 11) is 0. The second kappa shape index (κ2) is 7.70. The van der Waals surface area contributed by atoms with Gasteiger partial charge < -0.3 is 4.74 Å². The molecule has 0 unspecified atom stereocenters. The Kier molecular flexibility index (Phi) is 5.18. The van der Waals surface area contributed by atoms with Crippen LogP contribution in [0.15, 0.2) is 71.5 Å². The van der Waals surface area contributed by atoms with Crippen molar-refractivity contribution >= 4 is 27.8 Å². The van der Waals surface area contributed by atoms with E-state index in [1.165, 1.54) is 6.33 Å². The van der Waals surface area contributed by atoms with E-state index in [1.54, 1.807) is 6.07 Å². The number of rotatable bonds is 4. The summed E-state index contributed by atoms with van der Waals surface area (Å²) in [5.74, 6) is 0.387. The molecule has 0 radical (unpaired) electrons. The molecule has 1 amide bonds. The van der Waals surface area contributed by atoms with Gasteiger partial charge in [-0.05, 0) is 17.7 Å². The smallest absolute Gasteiger partial charge is 0.413 e. The van der Waals surface area contributed by atoms with Gasteiger partial charge in [0, 0.05) is 16.1 Å². The van der Waals surface area contributed by atoms with Gasteiger partial charge in [0.05, 0.1) is 5.69 Å². The number of hydrogen-bond donors (Lipinski definition) is 1. The topological polar surface area (TPSA) is 64.1 Å². The first-order valence-electron chi connectivity index (χ1n) is 7.26. The Bertz CT molecular complexity index is 840. The van der Waals surface area contributed by atoms with Crippen LogP contribution in [0.5, 0.6) is 0 Å². The zero-order valence-corrected chi connectivity index (χ0v) is 14.2. The van der Waals surface area contributed by atoms with E-state index in [2.05, 4.69) is 31.2 Å². The standard InChI is InChI=1S/C18H14BrN3O2/c19-15-8-4-7-14(9-15)16-10-17(21-12-20-16)22-18(23)24-11-13-5-2-1-3-6-13/h1-10,12H,11H2,(H,20,21,22,23). The number of ether oxygens (including phenoxy) is 1. The molecule has 5 nitrogen and oxygen atoms in total. The van der Waals surface area contributed by atoms with Crippen LogP contribution in [-0.4, -0.2) is 16.1 Å². The molecule has 120 valence electrons. The number of nitrogens with one attached hydrogen (secondary N) is 1. The quantitative estimate of drug-likeness (QED) is 0.711. The first kappa shape index (κ1) is 16.1. The molecule has 3 rings (SSSR count). The van der Waals surface area contributed by atoms with Gasteiger partial charge in [0.1, 0.15) is 18.8 Å². The van der Waals surface area contributed by atoms with E-state index in [9.17, 15) is 4.79 Å². The van der Waals surface area contributed by atoms with Crippen LogP contribution in [0.25, 0.3) is 11.3 Å².